The van der Waals surface area contributed by atoms with Crippen molar-refractivity contribution in [1.29, 1.82) is 0 Å². The molecule has 6 heteroatoms. The summed E-state index contributed by atoms with van der Waals surface area (Å²) in [5.41, 5.74) is 7.56. The number of benzene rings is 1. The number of carbonyl (C=O) groups excluding carboxylic acids is 2. The zero-order valence-electron chi connectivity index (χ0n) is 10.9. The minimum Gasteiger partial charge on any atom is -0.465 e. The molecule has 1 aromatic heterocycles. The Labute approximate surface area is 120 Å². The van der Waals surface area contributed by atoms with Gasteiger partial charge >= 0.3 is 5.97 Å². The molecule has 3 N–H and O–H groups in total. The van der Waals surface area contributed by atoms with Crippen molar-refractivity contribution >= 4 is 34.6 Å². The number of anilines is 2. The van der Waals surface area contributed by atoms with Crippen molar-refractivity contribution in [1.82, 2.24) is 0 Å². The summed E-state index contributed by atoms with van der Waals surface area (Å²) >= 11 is 1.22. The molecule has 0 saturated carbocycles. The molecular formula is C14H14N2O3S. The third-order valence-electron chi connectivity index (χ3n) is 2.63. The number of thiophene rings is 1. The number of hydrogen-bond donors (Lipinski definition) is 2. The standard InChI is InChI=1S/C14H14N2O3S/c1-19-14(18)13-11(5-6-20-13)16-12(17)8-9-3-2-4-10(15)7-9/h2-7H,8,15H2,1H3,(H,16,17). The Kier molecular flexibility index (Phi) is 4.37. The number of carbonyl (C=O) groups is 2. The Balaban J connectivity index is 2.05. The van der Waals surface area contributed by atoms with E-state index in [4.69, 9.17) is 5.73 Å². The fourth-order valence-corrected chi connectivity index (χ4v) is 2.51. The van der Waals surface area contributed by atoms with Gasteiger partial charge in [-0.25, -0.2) is 4.79 Å². The lowest BCUT2D eigenvalue weighted by atomic mass is 10.1. The zero-order chi connectivity index (χ0) is 14.5. The number of ether oxygens (including phenoxy) is 1. The van der Waals surface area contributed by atoms with Gasteiger partial charge in [-0.15, -0.1) is 11.3 Å². The lowest BCUT2D eigenvalue weighted by molar-refractivity contribution is -0.115. The molecule has 0 aliphatic carbocycles. The first-order valence-corrected chi connectivity index (χ1v) is 6.78. The molecule has 0 aliphatic heterocycles. The van der Waals surface area contributed by atoms with Crippen LogP contribution in [0.1, 0.15) is 15.2 Å². The molecule has 1 amide bonds. The van der Waals surface area contributed by atoms with Gasteiger partial charge < -0.3 is 15.8 Å². The molecule has 2 rings (SSSR count). The summed E-state index contributed by atoms with van der Waals surface area (Å²) in [6, 6.07) is 8.80. The molecule has 1 aromatic carbocycles. The van der Waals surface area contributed by atoms with Crippen molar-refractivity contribution in [2.45, 2.75) is 6.42 Å². The molecule has 0 atom stereocenters. The van der Waals surface area contributed by atoms with E-state index in [1.165, 1.54) is 18.4 Å². The van der Waals surface area contributed by atoms with Crippen LogP contribution in [-0.4, -0.2) is 19.0 Å². The van der Waals surface area contributed by atoms with Crippen LogP contribution in [0.4, 0.5) is 11.4 Å². The Morgan fingerprint density at radius 3 is 2.85 bits per heavy atom. The maximum absolute atomic E-state index is 12.0. The van der Waals surface area contributed by atoms with Crippen LogP contribution >= 0.6 is 11.3 Å². The molecule has 0 aliphatic rings. The first-order valence-electron chi connectivity index (χ1n) is 5.90. The molecule has 104 valence electrons. The molecule has 20 heavy (non-hydrogen) atoms. The molecular weight excluding hydrogens is 276 g/mol. The van der Waals surface area contributed by atoms with Gasteiger partial charge in [0.25, 0.3) is 0 Å². The monoisotopic (exact) mass is 290 g/mol. The van der Waals surface area contributed by atoms with Crippen LogP contribution in [0.5, 0.6) is 0 Å². The third kappa shape index (κ3) is 3.36. The van der Waals surface area contributed by atoms with E-state index < -0.39 is 5.97 Å². The van der Waals surface area contributed by atoms with Crippen LogP contribution in [0.3, 0.4) is 0 Å². The number of nitrogens with one attached hydrogen (secondary N) is 1. The van der Waals surface area contributed by atoms with E-state index in [9.17, 15) is 9.59 Å². The predicted molar refractivity (Wildman–Crippen MR) is 78.8 cm³/mol. The molecule has 2 aromatic rings. The van der Waals surface area contributed by atoms with Crippen LogP contribution < -0.4 is 11.1 Å². The van der Waals surface area contributed by atoms with E-state index in [1.807, 2.05) is 6.07 Å². The number of amides is 1. The van der Waals surface area contributed by atoms with Gasteiger partial charge in [0.1, 0.15) is 4.88 Å². The first-order chi connectivity index (χ1) is 9.60. The largest absolute Gasteiger partial charge is 0.465 e. The van der Waals surface area contributed by atoms with Crippen LogP contribution in [0.15, 0.2) is 35.7 Å². The van der Waals surface area contributed by atoms with Gasteiger partial charge in [-0.3, -0.25) is 4.79 Å². The van der Waals surface area contributed by atoms with E-state index >= 15 is 0 Å². The van der Waals surface area contributed by atoms with E-state index in [0.717, 1.165) is 5.56 Å². The molecule has 0 bridgehead atoms. The van der Waals surface area contributed by atoms with E-state index in [2.05, 4.69) is 10.1 Å². The number of methoxy groups -OCH3 is 1. The van der Waals surface area contributed by atoms with Crippen LogP contribution in [-0.2, 0) is 16.0 Å². The highest BCUT2D eigenvalue weighted by atomic mass is 32.1. The van der Waals surface area contributed by atoms with Gasteiger partial charge in [-0.1, -0.05) is 12.1 Å². The summed E-state index contributed by atoms with van der Waals surface area (Å²) in [7, 11) is 1.31. The van der Waals surface area contributed by atoms with Crippen molar-refractivity contribution in [2.24, 2.45) is 0 Å². The highest BCUT2D eigenvalue weighted by Gasteiger charge is 2.15. The molecule has 0 radical (unpaired) electrons. The Hall–Kier alpha value is -2.34. The van der Waals surface area contributed by atoms with Gasteiger partial charge in [0.2, 0.25) is 5.91 Å². The summed E-state index contributed by atoms with van der Waals surface area (Å²) in [6.45, 7) is 0. The molecule has 0 unspecified atom stereocenters. The molecule has 5 nitrogen and oxygen atoms in total. The minimum atomic E-state index is -0.459. The second kappa shape index (κ2) is 6.21. The Morgan fingerprint density at radius 2 is 2.15 bits per heavy atom. The summed E-state index contributed by atoms with van der Waals surface area (Å²) in [4.78, 5) is 23.8. The van der Waals surface area contributed by atoms with Gasteiger partial charge in [-0.05, 0) is 29.1 Å². The first kappa shape index (κ1) is 14.1. The van der Waals surface area contributed by atoms with Gasteiger partial charge in [-0.2, -0.15) is 0 Å². The average molecular weight is 290 g/mol. The summed E-state index contributed by atoms with van der Waals surface area (Å²) < 4.78 is 4.65. The van der Waals surface area contributed by atoms with Crippen LogP contribution in [0.2, 0.25) is 0 Å². The number of hydrogen-bond acceptors (Lipinski definition) is 5. The van der Waals surface area contributed by atoms with Crippen molar-refractivity contribution in [3.8, 4) is 0 Å². The second-order valence-corrected chi connectivity index (χ2v) is 5.04. The maximum atomic E-state index is 12.0. The van der Waals surface area contributed by atoms with Crippen LogP contribution in [0, 0.1) is 0 Å². The SMILES string of the molecule is COC(=O)c1sccc1NC(=O)Cc1cccc(N)c1. The lowest BCUT2D eigenvalue weighted by Crippen LogP contribution is -2.16. The number of nitrogen functional groups attached to an aromatic ring is 1. The molecule has 0 saturated heterocycles. The quantitative estimate of drug-likeness (QED) is 0.668. The van der Waals surface area contributed by atoms with E-state index in [0.29, 0.717) is 16.3 Å². The van der Waals surface area contributed by atoms with Crippen molar-refractivity contribution in [3.63, 3.8) is 0 Å². The molecule has 1 heterocycles. The third-order valence-corrected chi connectivity index (χ3v) is 3.52. The highest BCUT2D eigenvalue weighted by Crippen LogP contribution is 2.23. The van der Waals surface area contributed by atoms with Gasteiger partial charge in [0, 0.05) is 5.69 Å². The van der Waals surface area contributed by atoms with E-state index in [1.54, 1.807) is 29.6 Å². The Morgan fingerprint density at radius 1 is 1.35 bits per heavy atom. The molecule has 0 spiro atoms. The van der Waals surface area contributed by atoms with Gasteiger partial charge in [0.05, 0.1) is 19.2 Å². The van der Waals surface area contributed by atoms with E-state index in [-0.39, 0.29) is 12.3 Å². The Bertz CT molecular complexity index is 637. The normalized spacial score (nSPS) is 10.1. The minimum absolute atomic E-state index is 0.196. The van der Waals surface area contributed by atoms with Crippen molar-refractivity contribution in [2.75, 3.05) is 18.2 Å². The summed E-state index contributed by atoms with van der Waals surface area (Å²) in [6.07, 6.45) is 0.196. The number of nitrogens with two attached hydrogens (primary N) is 1. The second-order valence-electron chi connectivity index (χ2n) is 4.12. The highest BCUT2D eigenvalue weighted by molar-refractivity contribution is 7.12. The zero-order valence-corrected chi connectivity index (χ0v) is 11.7. The fraction of sp³-hybridized carbons (Fsp3) is 0.143. The fourth-order valence-electron chi connectivity index (χ4n) is 1.74. The van der Waals surface area contributed by atoms with Crippen molar-refractivity contribution in [3.05, 3.63) is 46.2 Å². The van der Waals surface area contributed by atoms with Crippen molar-refractivity contribution < 1.29 is 14.3 Å². The molecule has 0 fully saturated rings. The summed E-state index contributed by atoms with van der Waals surface area (Å²) in [5.74, 6) is -0.668. The maximum Gasteiger partial charge on any atom is 0.350 e. The number of rotatable bonds is 4. The summed E-state index contributed by atoms with van der Waals surface area (Å²) in [5, 5.41) is 4.43. The smallest absolute Gasteiger partial charge is 0.350 e. The van der Waals surface area contributed by atoms with Crippen LogP contribution in [0.25, 0.3) is 0 Å². The number of esters is 1. The lowest BCUT2D eigenvalue weighted by Gasteiger charge is -2.06. The topological polar surface area (TPSA) is 81.4 Å². The van der Waals surface area contributed by atoms with Gasteiger partial charge in [0.15, 0.2) is 0 Å². The average Bonchev–Trinajstić information content (AvgIpc) is 2.85. The predicted octanol–water partition coefficient (Wildman–Crippen LogP) is 2.30.